The van der Waals surface area contributed by atoms with Gasteiger partial charge in [0.2, 0.25) is 0 Å². The largest absolute Gasteiger partial charge is 0.0853 e. The van der Waals surface area contributed by atoms with Crippen LogP contribution in [0.2, 0.25) is 0 Å². The molecule has 30 heavy (non-hydrogen) atoms. The Labute approximate surface area is 188 Å². The predicted octanol–water partition coefficient (Wildman–Crippen LogP) is 10.4. The van der Waals surface area contributed by atoms with Crippen molar-refractivity contribution in [3.8, 4) is 0 Å². The summed E-state index contributed by atoms with van der Waals surface area (Å²) in [5, 5.41) is 0. The highest BCUT2D eigenvalue weighted by Gasteiger charge is 1.97. The van der Waals surface area contributed by atoms with Crippen molar-refractivity contribution >= 4 is 0 Å². The molecule has 0 nitrogen and oxygen atoms in total. The molecule has 0 radical (unpaired) electrons. The van der Waals surface area contributed by atoms with Crippen molar-refractivity contribution < 1.29 is 0 Å². The van der Waals surface area contributed by atoms with E-state index in [-0.39, 0.29) is 0 Å². The van der Waals surface area contributed by atoms with Crippen molar-refractivity contribution in [2.45, 2.75) is 119 Å². The minimum Gasteiger partial charge on any atom is -0.0853 e. The van der Waals surface area contributed by atoms with Gasteiger partial charge in [-0.1, -0.05) is 69.9 Å². The van der Waals surface area contributed by atoms with Crippen LogP contribution in [0.15, 0.2) is 69.9 Å². The third kappa shape index (κ3) is 14.4. The SMILES string of the molecule is C/C1=C/CC/C(C)=C\CC/C(C)=C\CC/C(C)=C\CC/C(C)=C\CC/C(C)=C\CC1. The van der Waals surface area contributed by atoms with Crippen LogP contribution in [0.1, 0.15) is 119 Å². The molecule has 0 heterocycles. The van der Waals surface area contributed by atoms with Gasteiger partial charge in [0.1, 0.15) is 0 Å². The minimum absolute atomic E-state index is 1.18. The van der Waals surface area contributed by atoms with Gasteiger partial charge in [-0.25, -0.2) is 0 Å². The zero-order valence-electron chi connectivity index (χ0n) is 20.9. The molecule has 0 saturated carbocycles. The van der Waals surface area contributed by atoms with Gasteiger partial charge in [0, 0.05) is 0 Å². The quantitative estimate of drug-likeness (QED) is 0.350. The van der Waals surface area contributed by atoms with Crippen LogP contribution in [-0.2, 0) is 0 Å². The molecule has 0 aromatic carbocycles. The standard InChI is InChI=1S/C30H48/c1-25-13-7-15-26(2)17-9-19-28(4)21-11-23-30(6)24-12-22-29(5)20-10-18-27(3)16-8-14-25/h13,16-17,20-21,24H,7-12,14-15,18-19,22-23H2,1-6H3/b25-13-,26-17-,27-16-,28-21-,29-20-,30-24-. The molecule has 0 heteroatoms. The van der Waals surface area contributed by atoms with Gasteiger partial charge in [0.25, 0.3) is 0 Å². The van der Waals surface area contributed by atoms with Gasteiger partial charge in [-0.05, 0) is 119 Å². The van der Waals surface area contributed by atoms with Crippen LogP contribution in [0.3, 0.4) is 0 Å². The first-order chi connectivity index (χ1) is 14.4. The Kier molecular flexibility index (Phi) is 14.3. The Morgan fingerprint density at radius 2 is 0.433 bits per heavy atom. The molecule has 0 bridgehead atoms. The highest BCUT2D eigenvalue weighted by molar-refractivity contribution is 5.10. The molecule has 0 unspecified atom stereocenters. The number of hydrogen-bond acceptors (Lipinski definition) is 0. The van der Waals surface area contributed by atoms with Crippen molar-refractivity contribution in [1.82, 2.24) is 0 Å². The van der Waals surface area contributed by atoms with Gasteiger partial charge in [0.05, 0.1) is 0 Å². The first-order valence-corrected chi connectivity index (χ1v) is 12.3. The second-order valence-electron chi connectivity index (χ2n) is 9.53. The number of hydrogen-bond donors (Lipinski definition) is 0. The van der Waals surface area contributed by atoms with Crippen LogP contribution in [0.4, 0.5) is 0 Å². The minimum atomic E-state index is 1.18. The topological polar surface area (TPSA) is 0 Å². The maximum atomic E-state index is 2.45. The van der Waals surface area contributed by atoms with Gasteiger partial charge in [-0.3, -0.25) is 0 Å². The van der Waals surface area contributed by atoms with Crippen molar-refractivity contribution in [1.29, 1.82) is 0 Å². The Balaban J connectivity index is 2.71. The van der Waals surface area contributed by atoms with E-state index in [2.05, 4.69) is 78.0 Å². The summed E-state index contributed by atoms with van der Waals surface area (Å²) >= 11 is 0. The third-order valence-corrected chi connectivity index (χ3v) is 6.19. The van der Waals surface area contributed by atoms with E-state index in [1.54, 1.807) is 33.4 Å². The monoisotopic (exact) mass is 408 g/mol. The fourth-order valence-corrected chi connectivity index (χ4v) is 3.89. The maximum absolute atomic E-state index is 2.45. The Bertz CT molecular complexity index is 518. The van der Waals surface area contributed by atoms with E-state index in [9.17, 15) is 0 Å². The zero-order valence-corrected chi connectivity index (χ0v) is 20.9. The summed E-state index contributed by atoms with van der Waals surface area (Å²) in [6.45, 7) is 13.8. The van der Waals surface area contributed by atoms with E-state index in [1.807, 2.05) is 0 Å². The average molecular weight is 409 g/mol. The van der Waals surface area contributed by atoms with E-state index in [0.29, 0.717) is 0 Å². The van der Waals surface area contributed by atoms with Crippen LogP contribution < -0.4 is 0 Å². The molecule has 1 aliphatic rings. The molecule has 0 saturated heterocycles. The van der Waals surface area contributed by atoms with E-state index >= 15 is 0 Å². The van der Waals surface area contributed by atoms with Gasteiger partial charge in [0.15, 0.2) is 0 Å². The van der Waals surface area contributed by atoms with Crippen molar-refractivity contribution in [2.24, 2.45) is 0 Å². The lowest BCUT2D eigenvalue weighted by atomic mass is 10.0. The lowest BCUT2D eigenvalue weighted by molar-refractivity contribution is 0.875. The van der Waals surface area contributed by atoms with Gasteiger partial charge in [-0.15, -0.1) is 0 Å². The molecule has 0 amide bonds. The summed E-state index contributed by atoms with van der Waals surface area (Å²) in [7, 11) is 0. The summed E-state index contributed by atoms with van der Waals surface area (Å²) in [4.78, 5) is 0. The van der Waals surface area contributed by atoms with Crippen LogP contribution >= 0.6 is 0 Å². The normalized spacial score (nSPS) is 31.0. The van der Waals surface area contributed by atoms with Gasteiger partial charge < -0.3 is 0 Å². The molecule has 0 spiro atoms. The maximum Gasteiger partial charge on any atom is -0.0288 e. The Morgan fingerprint density at radius 1 is 0.300 bits per heavy atom. The molecule has 1 aliphatic carbocycles. The van der Waals surface area contributed by atoms with E-state index < -0.39 is 0 Å². The molecule has 168 valence electrons. The average Bonchev–Trinajstić information content (AvgIpc) is 2.67. The number of rotatable bonds is 0. The van der Waals surface area contributed by atoms with Crippen LogP contribution in [0.25, 0.3) is 0 Å². The van der Waals surface area contributed by atoms with Gasteiger partial charge in [-0.2, -0.15) is 0 Å². The van der Waals surface area contributed by atoms with Crippen LogP contribution in [0.5, 0.6) is 0 Å². The summed E-state index contributed by atoms with van der Waals surface area (Å²) in [6, 6.07) is 0. The smallest absolute Gasteiger partial charge is 0.0288 e. The third-order valence-electron chi connectivity index (χ3n) is 6.19. The Morgan fingerprint density at radius 3 is 0.567 bits per heavy atom. The highest BCUT2D eigenvalue weighted by Crippen LogP contribution is 2.17. The first kappa shape index (κ1) is 26.5. The predicted molar refractivity (Wildman–Crippen MR) is 138 cm³/mol. The molecule has 0 aromatic heterocycles. The van der Waals surface area contributed by atoms with Crippen molar-refractivity contribution in [3.05, 3.63) is 69.9 Å². The van der Waals surface area contributed by atoms with Crippen molar-refractivity contribution in [3.63, 3.8) is 0 Å². The Hall–Kier alpha value is -1.56. The molecule has 0 atom stereocenters. The van der Waals surface area contributed by atoms with E-state index in [1.165, 1.54) is 77.0 Å². The van der Waals surface area contributed by atoms with E-state index in [0.717, 1.165) is 0 Å². The zero-order chi connectivity index (χ0) is 22.2. The molecule has 0 aromatic rings. The summed E-state index contributed by atoms with van der Waals surface area (Å²) in [6.07, 6.45) is 29.0. The van der Waals surface area contributed by atoms with Crippen LogP contribution in [0, 0.1) is 0 Å². The molecule has 1 rings (SSSR count). The molecule has 0 fully saturated rings. The fraction of sp³-hybridized carbons (Fsp3) is 0.600. The van der Waals surface area contributed by atoms with Crippen molar-refractivity contribution in [2.75, 3.05) is 0 Å². The van der Waals surface area contributed by atoms with Crippen LogP contribution in [-0.4, -0.2) is 0 Å². The lowest BCUT2D eigenvalue weighted by Gasteiger charge is -2.05. The first-order valence-electron chi connectivity index (χ1n) is 12.3. The fourth-order valence-electron chi connectivity index (χ4n) is 3.89. The number of allylic oxidation sites excluding steroid dienone is 12. The molecular weight excluding hydrogens is 360 g/mol. The van der Waals surface area contributed by atoms with E-state index in [4.69, 9.17) is 0 Å². The van der Waals surface area contributed by atoms with Gasteiger partial charge >= 0.3 is 0 Å². The second kappa shape index (κ2) is 16.2. The highest BCUT2D eigenvalue weighted by atomic mass is 14.0. The lowest BCUT2D eigenvalue weighted by Crippen LogP contribution is -1.84. The molecule has 0 N–H and O–H groups in total. The second-order valence-corrected chi connectivity index (χ2v) is 9.53. The summed E-state index contributed by atoms with van der Waals surface area (Å²) in [5.74, 6) is 0. The summed E-state index contributed by atoms with van der Waals surface area (Å²) in [5.41, 5.74) is 9.25. The molecule has 0 aliphatic heterocycles. The molecular formula is C30H48. The summed E-state index contributed by atoms with van der Waals surface area (Å²) < 4.78 is 0.